The van der Waals surface area contributed by atoms with Crippen molar-refractivity contribution in [2.24, 2.45) is 0 Å². The van der Waals surface area contributed by atoms with E-state index in [4.69, 9.17) is 27.9 Å². The molecular weight excluding hydrogens is 379 g/mol. The van der Waals surface area contributed by atoms with Crippen LogP contribution in [0.1, 0.15) is 11.1 Å². The Bertz CT molecular complexity index is 881. The van der Waals surface area contributed by atoms with E-state index in [0.29, 0.717) is 27.9 Å². The second-order valence-corrected chi connectivity index (χ2v) is 6.45. The largest absolute Gasteiger partial charge is 0.488 e. The summed E-state index contributed by atoms with van der Waals surface area (Å²) in [6, 6.07) is 15.7. The molecule has 0 fully saturated rings. The van der Waals surface area contributed by atoms with Gasteiger partial charge in [-0.1, -0.05) is 29.3 Å². The van der Waals surface area contributed by atoms with Gasteiger partial charge < -0.3 is 10.1 Å². The van der Waals surface area contributed by atoms with Crippen LogP contribution < -0.4 is 10.1 Å². The number of hydrogen-bond donors (Lipinski definition) is 1. The van der Waals surface area contributed by atoms with Gasteiger partial charge in [0.2, 0.25) is 0 Å². The fourth-order valence-electron chi connectivity index (χ4n) is 2.41. The number of rotatable bonds is 6. The van der Waals surface area contributed by atoms with E-state index in [2.05, 4.69) is 5.32 Å². The van der Waals surface area contributed by atoms with Gasteiger partial charge in [-0.2, -0.15) is 0 Å². The summed E-state index contributed by atoms with van der Waals surface area (Å²) < 4.78 is 32.6. The van der Waals surface area contributed by atoms with Crippen molar-refractivity contribution in [1.29, 1.82) is 0 Å². The molecular formula is C20H15Cl2F2NO. The average Bonchev–Trinajstić information content (AvgIpc) is 2.62. The molecule has 0 unspecified atom stereocenters. The Morgan fingerprint density at radius 2 is 1.69 bits per heavy atom. The fourth-order valence-corrected chi connectivity index (χ4v) is 2.82. The van der Waals surface area contributed by atoms with E-state index in [1.165, 1.54) is 18.2 Å². The highest BCUT2D eigenvalue weighted by atomic mass is 35.5. The van der Waals surface area contributed by atoms with Crippen LogP contribution in [0.4, 0.5) is 14.5 Å². The minimum atomic E-state index is -0.419. The van der Waals surface area contributed by atoms with Gasteiger partial charge in [-0.05, 0) is 54.6 Å². The van der Waals surface area contributed by atoms with Crippen LogP contribution in [0.25, 0.3) is 0 Å². The second-order valence-electron chi connectivity index (χ2n) is 5.60. The topological polar surface area (TPSA) is 21.3 Å². The first-order chi connectivity index (χ1) is 12.5. The number of ether oxygens (including phenoxy) is 1. The minimum Gasteiger partial charge on any atom is -0.488 e. The summed E-state index contributed by atoms with van der Waals surface area (Å²) in [5.74, 6) is -0.162. The maximum Gasteiger partial charge on any atom is 0.131 e. The molecule has 0 radical (unpaired) electrons. The normalized spacial score (nSPS) is 10.6. The van der Waals surface area contributed by atoms with Gasteiger partial charge in [-0.15, -0.1) is 0 Å². The summed E-state index contributed by atoms with van der Waals surface area (Å²) in [4.78, 5) is 0. The van der Waals surface area contributed by atoms with E-state index < -0.39 is 5.82 Å². The van der Waals surface area contributed by atoms with Crippen LogP contribution in [0.2, 0.25) is 10.0 Å². The molecule has 0 saturated carbocycles. The highest BCUT2D eigenvalue weighted by Gasteiger charge is 2.10. The number of hydrogen-bond acceptors (Lipinski definition) is 2. The lowest BCUT2D eigenvalue weighted by Crippen LogP contribution is -2.05. The molecule has 0 saturated heterocycles. The lowest BCUT2D eigenvalue weighted by atomic mass is 10.2. The van der Waals surface area contributed by atoms with Gasteiger partial charge in [0.05, 0.1) is 5.02 Å². The SMILES string of the molecule is Fc1ccc(NCc2cc(Cl)ccc2OCc2c(F)cccc2Cl)cc1. The van der Waals surface area contributed by atoms with E-state index >= 15 is 0 Å². The molecule has 0 bridgehead atoms. The van der Waals surface area contributed by atoms with Crippen molar-refractivity contribution in [3.63, 3.8) is 0 Å². The molecule has 0 amide bonds. The Morgan fingerprint density at radius 3 is 2.42 bits per heavy atom. The van der Waals surface area contributed by atoms with Gasteiger partial charge in [0, 0.05) is 28.4 Å². The molecule has 0 heterocycles. The Hall–Kier alpha value is -2.30. The standard InChI is InChI=1S/C20H15Cl2F2NO/c21-14-4-9-20(26-12-17-18(22)2-1-3-19(17)24)13(10-14)11-25-16-7-5-15(23)6-8-16/h1-10,25H,11-12H2. The van der Waals surface area contributed by atoms with E-state index in [9.17, 15) is 8.78 Å². The Balaban J connectivity index is 1.74. The summed E-state index contributed by atoms with van der Waals surface area (Å²) in [5.41, 5.74) is 1.84. The van der Waals surface area contributed by atoms with Gasteiger partial charge in [0.15, 0.2) is 0 Å². The van der Waals surface area contributed by atoms with Crippen LogP contribution >= 0.6 is 23.2 Å². The van der Waals surface area contributed by atoms with Crippen molar-refractivity contribution in [3.05, 3.63) is 93.5 Å². The molecule has 134 valence electrons. The first-order valence-electron chi connectivity index (χ1n) is 7.86. The first-order valence-corrected chi connectivity index (χ1v) is 8.62. The lowest BCUT2D eigenvalue weighted by Gasteiger charge is -2.14. The smallest absolute Gasteiger partial charge is 0.131 e. The lowest BCUT2D eigenvalue weighted by molar-refractivity contribution is 0.297. The zero-order valence-electron chi connectivity index (χ0n) is 13.6. The van der Waals surface area contributed by atoms with Gasteiger partial charge in [0.25, 0.3) is 0 Å². The fraction of sp³-hybridized carbons (Fsp3) is 0.100. The van der Waals surface area contributed by atoms with Crippen LogP contribution in [-0.2, 0) is 13.2 Å². The third-order valence-electron chi connectivity index (χ3n) is 3.78. The summed E-state index contributed by atoms with van der Waals surface area (Å²) in [7, 11) is 0. The van der Waals surface area contributed by atoms with E-state index in [-0.39, 0.29) is 12.4 Å². The molecule has 6 heteroatoms. The van der Waals surface area contributed by atoms with Gasteiger partial charge >= 0.3 is 0 Å². The van der Waals surface area contributed by atoms with Crippen molar-refractivity contribution in [3.8, 4) is 5.75 Å². The molecule has 1 N–H and O–H groups in total. The van der Waals surface area contributed by atoms with E-state index in [1.54, 1.807) is 42.5 Å². The first kappa shape index (κ1) is 18.5. The molecule has 0 aromatic heterocycles. The van der Waals surface area contributed by atoms with Crippen LogP contribution in [0.15, 0.2) is 60.7 Å². The molecule has 0 aliphatic heterocycles. The zero-order valence-corrected chi connectivity index (χ0v) is 15.1. The van der Waals surface area contributed by atoms with Crippen LogP contribution in [0.5, 0.6) is 5.75 Å². The highest BCUT2D eigenvalue weighted by molar-refractivity contribution is 6.31. The summed E-state index contributed by atoms with van der Waals surface area (Å²) in [6.45, 7) is 0.406. The van der Waals surface area contributed by atoms with Gasteiger partial charge in [0.1, 0.15) is 24.0 Å². The third kappa shape index (κ3) is 4.65. The zero-order chi connectivity index (χ0) is 18.5. The minimum absolute atomic E-state index is 0.00329. The van der Waals surface area contributed by atoms with Gasteiger partial charge in [-0.3, -0.25) is 0 Å². The maximum absolute atomic E-state index is 13.9. The predicted molar refractivity (Wildman–Crippen MR) is 101 cm³/mol. The Labute approximate surface area is 160 Å². The van der Waals surface area contributed by atoms with Crippen LogP contribution in [0, 0.1) is 11.6 Å². The number of halogens is 4. The van der Waals surface area contributed by atoms with Crippen molar-refractivity contribution < 1.29 is 13.5 Å². The van der Waals surface area contributed by atoms with E-state index in [1.807, 2.05) is 0 Å². The molecule has 0 aliphatic carbocycles. The number of benzene rings is 3. The maximum atomic E-state index is 13.9. The summed E-state index contributed by atoms with van der Waals surface area (Å²) in [6.07, 6.45) is 0. The predicted octanol–water partition coefficient (Wildman–Crippen LogP) is 6.46. The molecule has 3 rings (SSSR count). The average molecular weight is 394 g/mol. The monoisotopic (exact) mass is 393 g/mol. The van der Waals surface area contributed by atoms with Crippen LogP contribution in [0.3, 0.4) is 0 Å². The highest BCUT2D eigenvalue weighted by Crippen LogP contribution is 2.27. The Morgan fingerprint density at radius 1 is 0.923 bits per heavy atom. The number of nitrogens with one attached hydrogen (secondary N) is 1. The van der Waals surface area contributed by atoms with Gasteiger partial charge in [-0.25, -0.2) is 8.78 Å². The molecule has 0 spiro atoms. The van der Waals surface area contributed by atoms with Crippen molar-refractivity contribution >= 4 is 28.9 Å². The van der Waals surface area contributed by atoms with Crippen molar-refractivity contribution in [2.45, 2.75) is 13.2 Å². The molecule has 26 heavy (non-hydrogen) atoms. The molecule has 0 atom stereocenters. The quantitative estimate of drug-likeness (QED) is 0.518. The van der Waals surface area contributed by atoms with Crippen molar-refractivity contribution in [2.75, 3.05) is 5.32 Å². The van der Waals surface area contributed by atoms with E-state index in [0.717, 1.165) is 11.3 Å². The van der Waals surface area contributed by atoms with Crippen LogP contribution in [-0.4, -0.2) is 0 Å². The molecule has 3 aromatic carbocycles. The molecule has 0 aliphatic rings. The third-order valence-corrected chi connectivity index (χ3v) is 4.37. The summed E-state index contributed by atoms with van der Waals surface area (Å²) in [5, 5.41) is 4.03. The molecule has 3 aromatic rings. The number of anilines is 1. The van der Waals surface area contributed by atoms with Crippen molar-refractivity contribution in [1.82, 2.24) is 0 Å². The Kier molecular flexibility index (Phi) is 5.96. The second kappa shape index (κ2) is 8.39. The molecule has 2 nitrogen and oxygen atoms in total. The summed E-state index contributed by atoms with van der Waals surface area (Å²) >= 11 is 12.1.